The summed E-state index contributed by atoms with van der Waals surface area (Å²) in [6, 6.07) is 7.82. The molecule has 0 spiro atoms. The molecule has 12 heavy (non-hydrogen) atoms. The highest BCUT2D eigenvalue weighted by atomic mass is 19.4. The fourth-order valence-corrected chi connectivity index (χ4v) is 0.623. The van der Waals surface area contributed by atoms with Crippen LogP contribution < -0.4 is 0 Å². The van der Waals surface area contributed by atoms with E-state index in [2.05, 4.69) is 4.74 Å². The van der Waals surface area contributed by atoms with Crippen LogP contribution in [-0.2, 0) is 4.74 Å². The predicted octanol–water partition coefficient (Wildman–Crippen LogP) is 2.61. The molecule has 0 saturated carbocycles. The number of rotatable bonds is 2. The van der Waals surface area contributed by atoms with Crippen molar-refractivity contribution >= 4 is 0 Å². The zero-order valence-electron chi connectivity index (χ0n) is 5.93. The van der Waals surface area contributed by atoms with Crippen molar-refractivity contribution in [1.82, 2.24) is 0 Å². The summed E-state index contributed by atoms with van der Waals surface area (Å²) in [5, 5.41) is 0. The quantitative estimate of drug-likeness (QED) is 0.669. The second-order valence-electron chi connectivity index (χ2n) is 2.02. The van der Waals surface area contributed by atoms with E-state index in [0.717, 1.165) is 0 Å². The van der Waals surface area contributed by atoms with Gasteiger partial charge in [0.2, 0.25) is 0 Å². The molecule has 0 unspecified atom stereocenters. The SMILES string of the molecule is FC(F)(F)O[C]c1ccccc1. The Kier molecular flexibility index (Phi) is 2.70. The summed E-state index contributed by atoms with van der Waals surface area (Å²) < 4.78 is 37.7. The summed E-state index contributed by atoms with van der Waals surface area (Å²) in [5.74, 6) is 0. The maximum Gasteiger partial charge on any atom is 0.523 e. The molecule has 1 nitrogen and oxygen atoms in total. The molecular weight excluding hydrogens is 169 g/mol. The first kappa shape index (κ1) is 9.06. The number of benzene rings is 1. The van der Waals surface area contributed by atoms with Crippen LogP contribution >= 0.6 is 0 Å². The second-order valence-corrected chi connectivity index (χ2v) is 2.02. The summed E-state index contributed by atoms with van der Waals surface area (Å²) in [5.41, 5.74) is 0.259. The number of hydrogen-bond acceptors (Lipinski definition) is 1. The zero-order valence-corrected chi connectivity index (χ0v) is 5.93. The highest BCUT2D eigenvalue weighted by Crippen LogP contribution is 2.19. The van der Waals surface area contributed by atoms with Gasteiger partial charge < -0.3 is 0 Å². The third kappa shape index (κ3) is 3.39. The molecule has 0 aliphatic carbocycles. The van der Waals surface area contributed by atoms with Crippen molar-refractivity contribution in [3.8, 4) is 0 Å². The Bertz CT molecular complexity index is 230. The molecule has 2 radical (unpaired) electrons. The molecule has 1 aromatic carbocycles. The van der Waals surface area contributed by atoms with Crippen molar-refractivity contribution in [2.45, 2.75) is 6.36 Å². The molecular formula is C8H5F3O. The lowest BCUT2D eigenvalue weighted by molar-refractivity contribution is -0.306. The predicted molar refractivity (Wildman–Crippen MR) is 35.9 cm³/mol. The molecule has 1 aromatic rings. The Morgan fingerprint density at radius 1 is 1.08 bits per heavy atom. The molecule has 0 N–H and O–H groups in total. The molecule has 0 aliphatic rings. The number of alkyl halides is 3. The first-order valence-electron chi connectivity index (χ1n) is 3.14. The lowest BCUT2D eigenvalue weighted by atomic mass is 10.2. The van der Waals surface area contributed by atoms with Gasteiger partial charge >= 0.3 is 6.36 Å². The van der Waals surface area contributed by atoms with Gasteiger partial charge in [0.05, 0.1) is 0 Å². The van der Waals surface area contributed by atoms with E-state index in [9.17, 15) is 13.2 Å². The summed E-state index contributed by atoms with van der Waals surface area (Å²) in [4.78, 5) is 0. The van der Waals surface area contributed by atoms with Gasteiger partial charge in [-0.1, -0.05) is 30.3 Å². The molecule has 0 bridgehead atoms. The molecule has 0 amide bonds. The van der Waals surface area contributed by atoms with Gasteiger partial charge in [0.15, 0.2) is 6.61 Å². The van der Waals surface area contributed by atoms with E-state index in [1.54, 1.807) is 24.8 Å². The summed E-state index contributed by atoms with van der Waals surface area (Å²) in [6.07, 6.45) is -4.66. The molecule has 0 heterocycles. The maximum atomic E-state index is 11.5. The summed E-state index contributed by atoms with van der Waals surface area (Å²) in [7, 11) is 0. The average molecular weight is 174 g/mol. The van der Waals surface area contributed by atoms with E-state index >= 15 is 0 Å². The van der Waals surface area contributed by atoms with Crippen molar-refractivity contribution in [2.24, 2.45) is 0 Å². The topological polar surface area (TPSA) is 9.23 Å². The normalized spacial score (nSPS) is 11.6. The van der Waals surface area contributed by atoms with Crippen molar-refractivity contribution < 1.29 is 17.9 Å². The third-order valence-electron chi connectivity index (χ3n) is 1.06. The van der Waals surface area contributed by atoms with Gasteiger partial charge in [0.1, 0.15) is 0 Å². The van der Waals surface area contributed by atoms with Crippen LogP contribution in [0.25, 0.3) is 0 Å². The molecule has 0 aromatic heterocycles. The minimum atomic E-state index is -4.66. The van der Waals surface area contributed by atoms with Crippen LogP contribution in [-0.4, -0.2) is 6.36 Å². The number of hydrogen-bond donors (Lipinski definition) is 0. The van der Waals surface area contributed by atoms with Crippen LogP contribution in [0.15, 0.2) is 30.3 Å². The first-order valence-corrected chi connectivity index (χ1v) is 3.14. The van der Waals surface area contributed by atoms with Crippen LogP contribution in [0.4, 0.5) is 13.2 Å². The van der Waals surface area contributed by atoms with E-state index < -0.39 is 6.36 Å². The van der Waals surface area contributed by atoms with Crippen LogP contribution in [0, 0.1) is 6.61 Å². The second kappa shape index (κ2) is 3.58. The number of halogens is 3. The van der Waals surface area contributed by atoms with Gasteiger partial charge in [0.25, 0.3) is 0 Å². The third-order valence-corrected chi connectivity index (χ3v) is 1.06. The van der Waals surface area contributed by atoms with Crippen molar-refractivity contribution in [2.75, 3.05) is 0 Å². The van der Waals surface area contributed by atoms with Crippen LogP contribution in [0.2, 0.25) is 0 Å². The van der Waals surface area contributed by atoms with E-state index in [1.165, 1.54) is 12.1 Å². The molecule has 4 heteroatoms. The maximum absolute atomic E-state index is 11.5. The van der Waals surface area contributed by atoms with Crippen LogP contribution in [0.5, 0.6) is 0 Å². The summed E-state index contributed by atoms with van der Waals surface area (Å²) in [6.45, 7) is 1.76. The Hall–Kier alpha value is -1.03. The van der Waals surface area contributed by atoms with Gasteiger partial charge in [-0.3, -0.25) is 4.74 Å². The molecule has 1 rings (SSSR count). The molecule has 0 aliphatic heterocycles. The Morgan fingerprint density at radius 2 is 1.67 bits per heavy atom. The van der Waals surface area contributed by atoms with E-state index in [-0.39, 0.29) is 5.56 Å². The summed E-state index contributed by atoms with van der Waals surface area (Å²) >= 11 is 0. The van der Waals surface area contributed by atoms with Crippen LogP contribution in [0.3, 0.4) is 0 Å². The molecule has 0 fully saturated rings. The monoisotopic (exact) mass is 174 g/mol. The molecule has 0 saturated heterocycles. The highest BCUT2D eigenvalue weighted by molar-refractivity contribution is 5.19. The zero-order chi connectivity index (χ0) is 9.03. The number of ether oxygens (including phenoxy) is 1. The van der Waals surface area contributed by atoms with Gasteiger partial charge in [0, 0.05) is 0 Å². The molecule has 64 valence electrons. The largest absolute Gasteiger partial charge is 0.523 e. The lowest BCUT2D eigenvalue weighted by Gasteiger charge is -2.04. The standard InChI is InChI=1S/C8H5F3O/c9-8(10,11)12-6-7-4-2-1-3-5-7/h1-5H. The van der Waals surface area contributed by atoms with E-state index in [4.69, 9.17) is 0 Å². The smallest absolute Gasteiger partial charge is 0.273 e. The Labute approximate surface area is 67.8 Å². The Balaban J connectivity index is 2.44. The highest BCUT2D eigenvalue weighted by Gasteiger charge is 2.29. The van der Waals surface area contributed by atoms with E-state index in [1.807, 2.05) is 0 Å². The fourth-order valence-electron chi connectivity index (χ4n) is 0.623. The van der Waals surface area contributed by atoms with Gasteiger partial charge in [-0.05, 0) is 5.56 Å². The lowest BCUT2D eigenvalue weighted by Crippen LogP contribution is -2.11. The van der Waals surface area contributed by atoms with Gasteiger partial charge in [-0.15, -0.1) is 13.2 Å². The van der Waals surface area contributed by atoms with Gasteiger partial charge in [-0.2, -0.15) is 0 Å². The van der Waals surface area contributed by atoms with Crippen LogP contribution in [0.1, 0.15) is 5.56 Å². The first-order chi connectivity index (χ1) is 5.58. The Morgan fingerprint density at radius 3 is 2.17 bits per heavy atom. The minimum Gasteiger partial charge on any atom is -0.273 e. The van der Waals surface area contributed by atoms with Crippen molar-refractivity contribution in [1.29, 1.82) is 0 Å². The average Bonchev–Trinajstić information content (AvgIpc) is 2.02. The molecule has 0 atom stereocenters. The van der Waals surface area contributed by atoms with Crippen molar-refractivity contribution in [3.63, 3.8) is 0 Å². The van der Waals surface area contributed by atoms with Gasteiger partial charge in [-0.25, -0.2) is 0 Å². The fraction of sp³-hybridized carbons (Fsp3) is 0.125. The van der Waals surface area contributed by atoms with E-state index in [0.29, 0.717) is 0 Å². The minimum absolute atomic E-state index is 0.259. The van der Waals surface area contributed by atoms with Crippen molar-refractivity contribution in [3.05, 3.63) is 42.5 Å².